The minimum absolute atomic E-state index is 0.143. The van der Waals surface area contributed by atoms with Crippen LogP contribution in [0.25, 0.3) is 0 Å². The summed E-state index contributed by atoms with van der Waals surface area (Å²) in [5, 5.41) is 11.3. The topological polar surface area (TPSA) is 90.0 Å². The van der Waals surface area contributed by atoms with Gasteiger partial charge >= 0.3 is 12.0 Å². The first kappa shape index (κ1) is 17.2. The zero-order valence-corrected chi connectivity index (χ0v) is 12.1. The van der Waals surface area contributed by atoms with Gasteiger partial charge in [-0.05, 0) is 12.8 Å². The third kappa shape index (κ3) is 6.64. The zero-order valence-electron chi connectivity index (χ0n) is 12.1. The predicted octanol–water partition coefficient (Wildman–Crippen LogP) is 0.215. The van der Waals surface area contributed by atoms with Crippen molar-refractivity contribution in [1.29, 1.82) is 0 Å². The van der Waals surface area contributed by atoms with Gasteiger partial charge in [0.05, 0.1) is 0 Å². The molecule has 0 aromatic carbocycles. The summed E-state index contributed by atoms with van der Waals surface area (Å²) in [4.78, 5) is 36.8. The highest BCUT2D eigenvalue weighted by molar-refractivity contribution is 5.87. The highest BCUT2D eigenvalue weighted by Gasteiger charge is 2.22. The van der Waals surface area contributed by atoms with E-state index < -0.39 is 18.0 Å². The Kier molecular flexibility index (Phi) is 6.89. The lowest BCUT2D eigenvalue weighted by atomic mass is 10.2. The van der Waals surface area contributed by atoms with Gasteiger partial charge in [-0.2, -0.15) is 0 Å². The number of amides is 3. The van der Waals surface area contributed by atoms with E-state index in [1.54, 1.807) is 21.0 Å². The summed E-state index contributed by atoms with van der Waals surface area (Å²) in [6, 6.07) is -1.23. The number of nitrogens with zero attached hydrogens (tertiary/aromatic N) is 2. The fraction of sp³-hybridized carbons (Fsp3) is 0.750. The molecule has 0 aromatic heterocycles. The summed E-state index contributed by atoms with van der Waals surface area (Å²) < 4.78 is 0. The molecule has 0 spiro atoms. The lowest BCUT2D eigenvalue weighted by molar-refractivity contribution is -0.137. The van der Waals surface area contributed by atoms with Crippen LogP contribution in [0.4, 0.5) is 4.79 Å². The van der Waals surface area contributed by atoms with E-state index in [1.165, 1.54) is 9.80 Å². The van der Waals surface area contributed by atoms with Crippen LogP contribution in [0.2, 0.25) is 0 Å². The van der Waals surface area contributed by atoms with Crippen LogP contribution in [-0.2, 0) is 9.59 Å². The molecule has 1 atom stereocenters. The summed E-state index contributed by atoms with van der Waals surface area (Å²) in [6.45, 7) is 5.27. The number of hydrogen-bond acceptors (Lipinski definition) is 3. The molecule has 0 aliphatic heterocycles. The van der Waals surface area contributed by atoms with E-state index in [0.29, 0.717) is 6.54 Å². The van der Waals surface area contributed by atoms with E-state index in [0.717, 1.165) is 0 Å². The molecule has 2 N–H and O–H groups in total. The van der Waals surface area contributed by atoms with Gasteiger partial charge in [0.25, 0.3) is 0 Å². The van der Waals surface area contributed by atoms with Gasteiger partial charge in [-0.15, -0.1) is 0 Å². The lowest BCUT2D eigenvalue weighted by Gasteiger charge is -2.25. The molecular weight excluding hydrogens is 250 g/mol. The number of hydrogen-bond donors (Lipinski definition) is 2. The normalized spacial score (nSPS) is 11.9. The van der Waals surface area contributed by atoms with Crippen LogP contribution in [0.1, 0.15) is 20.8 Å². The van der Waals surface area contributed by atoms with Gasteiger partial charge in [-0.1, -0.05) is 13.8 Å². The van der Waals surface area contributed by atoms with Crippen molar-refractivity contribution in [2.24, 2.45) is 5.92 Å². The quantitative estimate of drug-likeness (QED) is 0.724. The Labute approximate surface area is 113 Å². The third-order valence-electron chi connectivity index (χ3n) is 2.35. The van der Waals surface area contributed by atoms with Gasteiger partial charge in [0.15, 0.2) is 0 Å². The average molecular weight is 273 g/mol. The van der Waals surface area contributed by atoms with Gasteiger partial charge in [-0.3, -0.25) is 9.59 Å². The minimum Gasteiger partial charge on any atom is -0.480 e. The van der Waals surface area contributed by atoms with E-state index in [4.69, 9.17) is 5.11 Å². The van der Waals surface area contributed by atoms with Gasteiger partial charge in [0.2, 0.25) is 5.91 Å². The summed E-state index contributed by atoms with van der Waals surface area (Å²) >= 11 is 0. The van der Waals surface area contributed by atoms with Gasteiger partial charge < -0.3 is 20.2 Å². The molecule has 0 heterocycles. The van der Waals surface area contributed by atoms with E-state index >= 15 is 0 Å². The fourth-order valence-corrected chi connectivity index (χ4v) is 1.55. The van der Waals surface area contributed by atoms with Crippen LogP contribution in [0.5, 0.6) is 0 Å². The molecule has 19 heavy (non-hydrogen) atoms. The first-order valence-corrected chi connectivity index (χ1v) is 6.13. The molecule has 0 saturated carbocycles. The first-order chi connectivity index (χ1) is 8.65. The summed E-state index contributed by atoms with van der Waals surface area (Å²) in [5.41, 5.74) is 0. The van der Waals surface area contributed by atoms with Crippen molar-refractivity contribution in [1.82, 2.24) is 15.1 Å². The molecule has 110 valence electrons. The summed E-state index contributed by atoms with van der Waals surface area (Å²) in [7, 11) is 3.18. The van der Waals surface area contributed by atoms with Crippen LogP contribution in [-0.4, -0.2) is 66.0 Å². The second-order valence-electron chi connectivity index (χ2n) is 5.07. The van der Waals surface area contributed by atoms with Gasteiger partial charge in [-0.25, -0.2) is 4.79 Å². The summed E-state index contributed by atoms with van der Waals surface area (Å²) in [5.74, 6) is -1.18. The van der Waals surface area contributed by atoms with Gasteiger partial charge in [0.1, 0.15) is 12.6 Å². The fourth-order valence-electron chi connectivity index (χ4n) is 1.55. The molecule has 0 bridgehead atoms. The molecule has 0 rings (SSSR count). The van der Waals surface area contributed by atoms with Crippen molar-refractivity contribution < 1.29 is 19.5 Å². The van der Waals surface area contributed by atoms with Crippen molar-refractivity contribution in [3.8, 4) is 0 Å². The van der Waals surface area contributed by atoms with Crippen LogP contribution in [0, 0.1) is 5.92 Å². The highest BCUT2D eigenvalue weighted by Crippen LogP contribution is 2.00. The number of nitrogens with one attached hydrogen (secondary N) is 1. The average Bonchev–Trinajstić information content (AvgIpc) is 2.25. The van der Waals surface area contributed by atoms with Crippen molar-refractivity contribution in [2.75, 3.05) is 27.2 Å². The zero-order chi connectivity index (χ0) is 15.2. The van der Waals surface area contributed by atoms with Crippen molar-refractivity contribution >= 4 is 17.9 Å². The maximum absolute atomic E-state index is 11.9. The van der Waals surface area contributed by atoms with Crippen LogP contribution in [0.3, 0.4) is 0 Å². The van der Waals surface area contributed by atoms with Crippen LogP contribution in [0.15, 0.2) is 0 Å². The van der Waals surface area contributed by atoms with Gasteiger partial charge in [0, 0.05) is 20.6 Å². The van der Waals surface area contributed by atoms with E-state index in [9.17, 15) is 14.4 Å². The number of carboxylic acid groups (broad SMARTS) is 1. The number of rotatable bonds is 6. The van der Waals surface area contributed by atoms with E-state index in [-0.39, 0.29) is 18.4 Å². The van der Waals surface area contributed by atoms with E-state index in [2.05, 4.69) is 5.32 Å². The molecule has 0 aliphatic rings. The van der Waals surface area contributed by atoms with Crippen molar-refractivity contribution in [3.05, 3.63) is 0 Å². The maximum Gasteiger partial charge on any atom is 0.323 e. The standard InChI is InChI=1S/C12H23N3O4/c1-8(2)6-15(7-10(16)17)12(19)13-9(3)11(18)14(4)5/h8-9H,6-7H2,1-5H3,(H,13,19)(H,16,17). The lowest BCUT2D eigenvalue weighted by Crippen LogP contribution is -2.51. The molecule has 7 nitrogen and oxygen atoms in total. The number of carbonyl (C=O) groups is 3. The Morgan fingerprint density at radius 3 is 2.05 bits per heavy atom. The highest BCUT2D eigenvalue weighted by atomic mass is 16.4. The largest absolute Gasteiger partial charge is 0.480 e. The van der Waals surface area contributed by atoms with Crippen LogP contribution < -0.4 is 5.32 Å². The summed E-state index contributed by atoms with van der Waals surface area (Å²) in [6.07, 6.45) is 0. The Morgan fingerprint density at radius 2 is 1.68 bits per heavy atom. The molecule has 0 aromatic rings. The number of aliphatic carboxylic acids is 1. The molecule has 0 radical (unpaired) electrons. The van der Waals surface area contributed by atoms with Crippen molar-refractivity contribution in [2.45, 2.75) is 26.8 Å². The molecule has 3 amide bonds. The predicted molar refractivity (Wildman–Crippen MR) is 70.7 cm³/mol. The smallest absolute Gasteiger partial charge is 0.323 e. The molecule has 0 saturated heterocycles. The Balaban J connectivity index is 4.63. The third-order valence-corrected chi connectivity index (χ3v) is 2.35. The maximum atomic E-state index is 11.9. The molecule has 7 heteroatoms. The van der Waals surface area contributed by atoms with Crippen molar-refractivity contribution in [3.63, 3.8) is 0 Å². The Hall–Kier alpha value is -1.79. The van der Waals surface area contributed by atoms with E-state index in [1.807, 2.05) is 13.8 Å². The second-order valence-corrected chi connectivity index (χ2v) is 5.07. The number of urea groups is 1. The molecule has 1 unspecified atom stereocenters. The number of carboxylic acids is 1. The molecule has 0 fully saturated rings. The molecular formula is C12H23N3O4. The monoisotopic (exact) mass is 273 g/mol. The second kappa shape index (κ2) is 7.60. The number of carbonyl (C=O) groups excluding carboxylic acids is 2. The Morgan fingerprint density at radius 1 is 1.16 bits per heavy atom. The Bertz CT molecular complexity index is 342. The van der Waals surface area contributed by atoms with Crippen LogP contribution >= 0.6 is 0 Å². The first-order valence-electron chi connectivity index (χ1n) is 6.13. The number of likely N-dealkylation sites (N-methyl/N-ethyl adjacent to an activating group) is 1. The molecule has 0 aliphatic carbocycles. The minimum atomic E-state index is -1.08. The SMILES string of the molecule is CC(C)CN(CC(=O)O)C(=O)NC(C)C(=O)N(C)C.